The van der Waals surface area contributed by atoms with Crippen LogP contribution in [0.5, 0.6) is 0 Å². The molecule has 47 heavy (non-hydrogen) atoms. The van der Waals surface area contributed by atoms with E-state index >= 15 is 0 Å². The van der Waals surface area contributed by atoms with Crippen LogP contribution in [0.2, 0.25) is 0 Å². The van der Waals surface area contributed by atoms with Crippen molar-refractivity contribution < 1.29 is 29.1 Å². The third-order valence-electron chi connectivity index (χ3n) is 7.37. The van der Waals surface area contributed by atoms with Gasteiger partial charge in [-0.3, -0.25) is 0 Å². The number of nitrogens with zero attached hydrogens (tertiary/aromatic N) is 3. The molecule has 9 aromatic rings. The van der Waals surface area contributed by atoms with Gasteiger partial charge in [0.2, 0.25) is 0 Å². The fourth-order valence-corrected chi connectivity index (χ4v) is 5.16. The van der Waals surface area contributed by atoms with E-state index in [9.17, 15) is 0 Å². The molecule has 0 aliphatic rings. The van der Waals surface area contributed by atoms with Gasteiger partial charge in [-0.05, 0) is 57.2 Å². The van der Waals surface area contributed by atoms with Crippen LogP contribution >= 0.6 is 0 Å². The second kappa shape index (κ2) is 11.2. The number of hydrogen-bond acceptors (Lipinski definition) is 4. The summed E-state index contributed by atoms with van der Waals surface area (Å²) in [5.74, 6) is -0.203. The maximum Gasteiger partial charge on any atom is 0.164 e. The number of rotatable bonds is 5. The van der Waals surface area contributed by atoms with E-state index in [4.69, 9.17) is 39.1 Å². The summed E-state index contributed by atoms with van der Waals surface area (Å²) in [4.78, 5) is 14.1. The molecule has 0 unspecified atom stereocenters. The monoisotopic (exact) mass is 619 g/mol. The van der Waals surface area contributed by atoms with Crippen molar-refractivity contribution in [2.75, 3.05) is 0 Å². The molecule has 0 N–H and O–H groups in total. The summed E-state index contributed by atoms with van der Waals surface area (Å²) in [5, 5.41) is -1.05. The molecule has 9 rings (SSSR count). The maximum absolute atomic E-state index is 9.13. The van der Waals surface area contributed by atoms with Crippen molar-refractivity contribution in [3.05, 3.63) is 163 Å². The molecular weight excluding hydrogens is 574 g/mol. The van der Waals surface area contributed by atoms with E-state index in [1.54, 1.807) is 36.4 Å². The first-order valence-corrected chi connectivity index (χ1v) is 14.2. The Balaban J connectivity index is 1.27. The van der Waals surface area contributed by atoms with E-state index in [0.717, 1.165) is 0 Å². The Morgan fingerprint density at radius 3 is 1.94 bits per heavy atom. The van der Waals surface area contributed by atoms with Gasteiger partial charge in [-0.15, -0.1) is 0 Å². The number of aromatic nitrogens is 3. The van der Waals surface area contributed by atoms with Gasteiger partial charge in [-0.25, -0.2) is 15.0 Å². The minimum Gasteiger partial charge on any atom is -0.456 e. The van der Waals surface area contributed by atoms with E-state index in [2.05, 4.69) is 4.98 Å². The highest BCUT2D eigenvalue weighted by atomic mass is 16.3. The molecule has 0 radical (unpaired) electrons. The lowest BCUT2D eigenvalue weighted by atomic mass is 9.97. The molecule has 7 aromatic carbocycles. The SMILES string of the molecule is [2H]c1c([2H])c(-c2c([2H])c([2H])c3c([2H])c([2H])c([2H])c([2H])c3c2[2H])c([2H])c([2H])c1-c1cccc(-c2nc(-c3ccccc3)nc(-c3c([2H])c([2H])c([2H])c4oc5c([2H])c([2H])c([2H])c([2H])c5c34)n2)c1. The Morgan fingerprint density at radius 1 is 0.447 bits per heavy atom. The number of fused-ring (bicyclic) bond motifs is 4. The standard InChI is InChI=1S/C43H27N3O/c1-2-11-31(12-3-1)41-44-42(46-43(45-41)37-17-9-19-39-40(37)36-16-6-7-18-38(36)47-39)35-15-8-14-33(27-35)29-20-22-30(23-21-29)34-25-24-28-10-4-5-13-32(28)26-34/h1-27H/i4D,5D,6D,7D,9D,10D,13D,16D,17D,18D,19D,20D,21D,22D,23D,24D,25D,26D. The van der Waals surface area contributed by atoms with Crippen molar-refractivity contribution in [2.24, 2.45) is 0 Å². The highest BCUT2D eigenvalue weighted by molar-refractivity contribution is 6.11. The number of benzene rings is 7. The Hall–Kier alpha value is -6.39. The van der Waals surface area contributed by atoms with Crippen LogP contribution in [0.15, 0.2) is 168 Å². The fourth-order valence-electron chi connectivity index (χ4n) is 5.16. The molecule has 4 heteroatoms. The minimum absolute atomic E-state index is 0.0484. The molecule has 0 spiro atoms. The van der Waals surface area contributed by atoms with Gasteiger partial charge in [0.25, 0.3) is 0 Å². The molecular formula is C43H27N3O. The van der Waals surface area contributed by atoms with Gasteiger partial charge in [-0.2, -0.15) is 0 Å². The zero-order chi connectivity index (χ0) is 46.8. The van der Waals surface area contributed by atoms with Crippen molar-refractivity contribution in [3.63, 3.8) is 0 Å². The van der Waals surface area contributed by atoms with Crippen LogP contribution in [0.3, 0.4) is 0 Å². The summed E-state index contributed by atoms with van der Waals surface area (Å²) in [5.41, 5.74) is -1.17. The van der Waals surface area contributed by atoms with Crippen molar-refractivity contribution >= 4 is 32.7 Å². The highest BCUT2D eigenvalue weighted by Crippen LogP contribution is 2.37. The Morgan fingerprint density at radius 2 is 1.09 bits per heavy atom. The van der Waals surface area contributed by atoms with Crippen LogP contribution in [-0.4, -0.2) is 15.0 Å². The lowest BCUT2D eigenvalue weighted by Gasteiger charge is -2.11. The van der Waals surface area contributed by atoms with Crippen molar-refractivity contribution in [3.8, 4) is 56.4 Å². The van der Waals surface area contributed by atoms with E-state index in [-0.39, 0.29) is 61.7 Å². The topological polar surface area (TPSA) is 51.8 Å². The van der Waals surface area contributed by atoms with Gasteiger partial charge >= 0.3 is 0 Å². The normalized spacial score (nSPS) is 16.8. The molecule has 0 saturated heterocycles. The summed E-state index contributed by atoms with van der Waals surface area (Å²) in [6.45, 7) is 0. The van der Waals surface area contributed by atoms with Crippen LogP contribution < -0.4 is 0 Å². The number of hydrogen-bond donors (Lipinski definition) is 0. The molecule has 0 fully saturated rings. The Bertz CT molecular complexity index is 3570. The van der Waals surface area contributed by atoms with Crippen LogP contribution in [-0.2, 0) is 0 Å². The van der Waals surface area contributed by atoms with Gasteiger partial charge in [0.15, 0.2) is 17.5 Å². The maximum atomic E-state index is 9.13. The summed E-state index contributed by atoms with van der Waals surface area (Å²) in [6, 6.07) is 3.48. The largest absolute Gasteiger partial charge is 0.456 e. The van der Waals surface area contributed by atoms with E-state index < -0.39 is 131 Å². The molecule has 0 bridgehead atoms. The van der Waals surface area contributed by atoms with Gasteiger partial charge in [0, 0.05) is 27.5 Å². The van der Waals surface area contributed by atoms with Crippen molar-refractivity contribution in [1.29, 1.82) is 0 Å². The zero-order valence-corrected chi connectivity index (χ0v) is 23.9. The average molecular weight is 620 g/mol. The summed E-state index contributed by atoms with van der Waals surface area (Å²) >= 11 is 0. The molecule has 2 aromatic heterocycles. The molecule has 0 aliphatic carbocycles. The molecule has 0 aliphatic heterocycles. The second-order valence-electron chi connectivity index (χ2n) is 10.3. The molecule has 4 nitrogen and oxygen atoms in total. The third-order valence-corrected chi connectivity index (χ3v) is 7.37. The van der Waals surface area contributed by atoms with Gasteiger partial charge < -0.3 is 4.42 Å². The average Bonchev–Trinajstić information content (AvgIpc) is 3.70. The van der Waals surface area contributed by atoms with Crippen LogP contribution in [0, 0.1) is 0 Å². The second-order valence-corrected chi connectivity index (χ2v) is 10.3. The summed E-state index contributed by atoms with van der Waals surface area (Å²) in [7, 11) is 0. The summed E-state index contributed by atoms with van der Waals surface area (Å²) in [6.07, 6.45) is 0. The molecule has 0 atom stereocenters. The first kappa shape index (κ1) is 14.4. The van der Waals surface area contributed by atoms with E-state index in [1.165, 1.54) is 18.2 Å². The molecule has 0 amide bonds. The van der Waals surface area contributed by atoms with Crippen molar-refractivity contribution in [1.82, 2.24) is 15.0 Å². The predicted octanol–water partition coefficient (Wildman–Crippen LogP) is 11.3. The number of furan rings is 1. The van der Waals surface area contributed by atoms with E-state index in [1.807, 2.05) is 0 Å². The van der Waals surface area contributed by atoms with Crippen LogP contribution in [0.25, 0.3) is 89.1 Å². The van der Waals surface area contributed by atoms with Gasteiger partial charge in [-0.1, -0.05) is 139 Å². The molecule has 220 valence electrons. The molecule has 0 saturated carbocycles. The quantitative estimate of drug-likeness (QED) is 0.192. The summed E-state index contributed by atoms with van der Waals surface area (Å²) < 4.78 is 162. The first-order valence-electron chi connectivity index (χ1n) is 23.2. The van der Waals surface area contributed by atoms with Gasteiger partial charge in [0.1, 0.15) is 11.2 Å². The zero-order valence-electron chi connectivity index (χ0n) is 41.9. The van der Waals surface area contributed by atoms with E-state index in [0.29, 0.717) is 5.56 Å². The minimum atomic E-state index is -0.727. The van der Waals surface area contributed by atoms with Crippen LogP contribution in [0.1, 0.15) is 24.7 Å². The van der Waals surface area contributed by atoms with Gasteiger partial charge in [0.05, 0.1) is 24.7 Å². The predicted molar refractivity (Wildman–Crippen MR) is 192 cm³/mol. The van der Waals surface area contributed by atoms with Crippen molar-refractivity contribution in [2.45, 2.75) is 0 Å². The fraction of sp³-hybridized carbons (Fsp3) is 0. The number of para-hydroxylation sites is 1. The first-order chi connectivity index (χ1) is 30.8. The highest BCUT2D eigenvalue weighted by Gasteiger charge is 2.18. The smallest absolute Gasteiger partial charge is 0.164 e. The Labute approximate surface area is 297 Å². The third kappa shape index (κ3) is 4.93. The lowest BCUT2D eigenvalue weighted by Crippen LogP contribution is -2.00. The van der Waals surface area contributed by atoms with Crippen LogP contribution in [0.4, 0.5) is 0 Å². The lowest BCUT2D eigenvalue weighted by molar-refractivity contribution is 0.669. The Kier molecular flexibility index (Phi) is 3.42. The molecule has 2 heterocycles.